The Morgan fingerprint density at radius 1 is 1.12 bits per heavy atom. The van der Waals surface area contributed by atoms with Gasteiger partial charge in [0.2, 0.25) is 0 Å². The number of esters is 1. The van der Waals surface area contributed by atoms with Crippen molar-refractivity contribution in [1.82, 2.24) is 5.32 Å². The second kappa shape index (κ2) is 10.6. The summed E-state index contributed by atoms with van der Waals surface area (Å²) < 4.78 is 5.05. The molecule has 0 saturated carbocycles. The molecular weight excluding hydrogens is 352 g/mol. The molecule has 6 heteroatoms. The molecule has 1 atom stereocenters. The average molecular weight is 377 g/mol. The lowest BCUT2D eigenvalue weighted by Crippen LogP contribution is -2.31. The van der Waals surface area contributed by atoms with Crippen LogP contribution >= 0.6 is 12.4 Å². The fourth-order valence-corrected chi connectivity index (χ4v) is 2.64. The Hall–Kier alpha value is -2.37. The average Bonchev–Trinajstić information content (AvgIpc) is 2.62. The highest BCUT2D eigenvalue weighted by Crippen LogP contribution is 2.22. The number of carbonyl (C=O) groups is 2. The SMILES string of the molecule is CCOC(=O)CC(NC(=O)c1ccc(CN)cc1)c1ccccc1C.Cl. The molecule has 0 spiro atoms. The molecule has 1 amide bonds. The van der Waals surface area contributed by atoms with Crippen molar-refractivity contribution in [3.63, 3.8) is 0 Å². The Labute approximate surface area is 160 Å². The van der Waals surface area contributed by atoms with Gasteiger partial charge in [0.05, 0.1) is 19.1 Å². The van der Waals surface area contributed by atoms with Gasteiger partial charge >= 0.3 is 5.97 Å². The fraction of sp³-hybridized carbons (Fsp3) is 0.300. The van der Waals surface area contributed by atoms with E-state index in [2.05, 4.69) is 5.32 Å². The molecule has 0 aromatic heterocycles. The van der Waals surface area contributed by atoms with E-state index in [1.165, 1.54) is 0 Å². The van der Waals surface area contributed by atoms with E-state index in [1.54, 1.807) is 19.1 Å². The smallest absolute Gasteiger partial charge is 0.308 e. The number of nitrogens with two attached hydrogens (primary N) is 1. The topological polar surface area (TPSA) is 81.4 Å². The summed E-state index contributed by atoms with van der Waals surface area (Å²) in [6, 6.07) is 14.4. The first kappa shape index (κ1) is 21.7. The maximum absolute atomic E-state index is 12.6. The van der Waals surface area contributed by atoms with Crippen molar-refractivity contribution < 1.29 is 14.3 Å². The lowest BCUT2D eigenvalue weighted by molar-refractivity contribution is -0.143. The molecule has 140 valence electrons. The van der Waals surface area contributed by atoms with Crippen molar-refractivity contribution in [2.24, 2.45) is 5.73 Å². The number of benzene rings is 2. The number of carbonyl (C=O) groups excluding carboxylic acids is 2. The minimum absolute atomic E-state index is 0. The third-order valence-corrected chi connectivity index (χ3v) is 4.00. The normalized spacial score (nSPS) is 11.2. The third-order valence-electron chi connectivity index (χ3n) is 4.00. The lowest BCUT2D eigenvalue weighted by atomic mass is 9.98. The highest BCUT2D eigenvalue weighted by atomic mass is 35.5. The molecule has 0 radical (unpaired) electrons. The molecule has 2 aromatic carbocycles. The van der Waals surface area contributed by atoms with Gasteiger partial charge in [0.25, 0.3) is 5.91 Å². The zero-order chi connectivity index (χ0) is 18.2. The van der Waals surface area contributed by atoms with Crippen LogP contribution in [0.5, 0.6) is 0 Å². The first-order valence-electron chi connectivity index (χ1n) is 8.36. The molecule has 0 bridgehead atoms. The Balaban J connectivity index is 0.00000338. The predicted molar refractivity (Wildman–Crippen MR) is 104 cm³/mol. The number of rotatable bonds is 7. The van der Waals surface area contributed by atoms with E-state index in [9.17, 15) is 9.59 Å². The molecule has 2 rings (SSSR count). The van der Waals surface area contributed by atoms with Crippen LogP contribution in [-0.2, 0) is 16.1 Å². The number of nitrogens with one attached hydrogen (secondary N) is 1. The minimum atomic E-state index is -0.443. The summed E-state index contributed by atoms with van der Waals surface area (Å²) in [6.45, 7) is 4.46. The van der Waals surface area contributed by atoms with Crippen molar-refractivity contribution in [3.05, 3.63) is 70.8 Å². The molecule has 0 heterocycles. The molecule has 2 aromatic rings. The summed E-state index contributed by atoms with van der Waals surface area (Å²) in [6.07, 6.45) is 0.0886. The van der Waals surface area contributed by atoms with E-state index in [4.69, 9.17) is 10.5 Å². The summed E-state index contributed by atoms with van der Waals surface area (Å²) in [7, 11) is 0. The largest absolute Gasteiger partial charge is 0.466 e. The molecule has 0 saturated heterocycles. The Morgan fingerprint density at radius 3 is 2.35 bits per heavy atom. The summed E-state index contributed by atoms with van der Waals surface area (Å²) in [5.41, 5.74) is 8.98. The standard InChI is InChI=1S/C20H24N2O3.ClH/c1-3-25-19(23)12-18(17-7-5-4-6-14(17)2)22-20(24)16-10-8-15(13-21)9-11-16;/h4-11,18H,3,12-13,21H2,1-2H3,(H,22,24);1H. The first-order chi connectivity index (χ1) is 12.0. The van der Waals surface area contributed by atoms with Crippen LogP contribution in [0.4, 0.5) is 0 Å². The second-order valence-electron chi connectivity index (χ2n) is 5.79. The molecule has 0 aliphatic rings. The molecule has 26 heavy (non-hydrogen) atoms. The zero-order valence-corrected chi connectivity index (χ0v) is 15.8. The molecule has 1 unspecified atom stereocenters. The van der Waals surface area contributed by atoms with Crippen LogP contribution in [0, 0.1) is 6.92 Å². The van der Waals surface area contributed by atoms with Gasteiger partial charge in [-0.05, 0) is 42.7 Å². The van der Waals surface area contributed by atoms with E-state index in [1.807, 2.05) is 43.3 Å². The molecule has 0 aliphatic carbocycles. The third kappa shape index (κ3) is 5.86. The van der Waals surface area contributed by atoms with Gasteiger partial charge in [-0.2, -0.15) is 0 Å². The van der Waals surface area contributed by atoms with Crippen molar-refractivity contribution in [3.8, 4) is 0 Å². The lowest BCUT2D eigenvalue weighted by Gasteiger charge is -2.20. The number of hydrogen-bond donors (Lipinski definition) is 2. The van der Waals surface area contributed by atoms with Crippen LogP contribution in [-0.4, -0.2) is 18.5 Å². The van der Waals surface area contributed by atoms with Crippen LogP contribution < -0.4 is 11.1 Å². The van der Waals surface area contributed by atoms with Crippen molar-refractivity contribution in [1.29, 1.82) is 0 Å². The van der Waals surface area contributed by atoms with Gasteiger partial charge in [-0.1, -0.05) is 36.4 Å². The highest BCUT2D eigenvalue weighted by Gasteiger charge is 2.21. The summed E-state index contributed by atoms with van der Waals surface area (Å²) in [5.74, 6) is -0.573. The fourth-order valence-electron chi connectivity index (χ4n) is 2.64. The summed E-state index contributed by atoms with van der Waals surface area (Å²) in [5, 5.41) is 2.95. The minimum Gasteiger partial charge on any atom is -0.466 e. The summed E-state index contributed by atoms with van der Waals surface area (Å²) >= 11 is 0. The van der Waals surface area contributed by atoms with Crippen molar-refractivity contribution in [2.75, 3.05) is 6.61 Å². The molecule has 0 fully saturated rings. The van der Waals surface area contributed by atoms with E-state index < -0.39 is 6.04 Å². The maximum atomic E-state index is 12.6. The number of amides is 1. The van der Waals surface area contributed by atoms with Gasteiger partial charge in [-0.3, -0.25) is 9.59 Å². The molecule has 3 N–H and O–H groups in total. The first-order valence-corrected chi connectivity index (χ1v) is 8.36. The van der Waals surface area contributed by atoms with Crippen LogP contribution in [0.15, 0.2) is 48.5 Å². The Bertz CT molecular complexity index is 732. The quantitative estimate of drug-likeness (QED) is 0.726. The van der Waals surface area contributed by atoms with Crippen molar-refractivity contribution >= 4 is 24.3 Å². The number of ether oxygens (including phenoxy) is 1. The van der Waals surface area contributed by atoms with Gasteiger partial charge in [0.1, 0.15) is 0 Å². The van der Waals surface area contributed by atoms with Crippen LogP contribution in [0.3, 0.4) is 0 Å². The Morgan fingerprint density at radius 2 is 1.77 bits per heavy atom. The number of halogens is 1. The second-order valence-corrected chi connectivity index (χ2v) is 5.79. The summed E-state index contributed by atoms with van der Waals surface area (Å²) in [4.78, 5) is 24.5. The van der Waals surface area contributed by atoms with Gasteiger partial charge in [0.15, 0.2) is 0 Å². The Kier molecular flexibility index (Phi) is 8.82. The monoisotopic (exact) mass is 376 g/mol. The van der Waals surface area contributed by atoms with Gasteiger partial charge in [0, 0.05) is 12.1 Å². The van der Waals surface area contributed by atoms with E-state index in [-0.39, 0.29) is 30.7 Å². The van der Waals surface area contributed by atoms with Gasteiger partial charge in [-0.25, -0.2) is 0 Å². The van der Waals surface area contributed by atoms with Crippen LogP contribution in [0.2, 0.25) is 0 Å². The molecular formula is C20H25ClN2O3. The molecule has 0 aliphatic heterocycles. The van der Waals surface area contributed by atoms with Crippen LogP contribution in [0.1, 0.15) is 46.4 Å². The maximum Gasteiger partial charge on any atom is 0.308 e. The number of aryl methyl sites for hydroxylation is 1. The van der Waals surface area contributed by atoms with E-state index >= 15 is 0 Å². The predicted octanol–water partition coefficient (Wildman–Crippen LogP) is 3.30. The van der Waals surface area contributed by atoms with Gasteiger partial charge in [-0.15, -0.1) is 12.4 Å². The van der Waals surface area contributed by atoms with Crippen molar-refractivity contribution in [2.45, 2.75) is 32.9 Å². The van der Waals surface area contributed by atoms with Gasteiger partial charge < -0.3 is 15.8 Å². The number of hydrogen-bond acceptors (Lipinski definition) is 4. The zero-order valence-electron chi connectivity index (χ0n) is 15.0. The van der Waals surface area contributed by atoms with Crippen LogP contribution in [0.25, 0.3) is 0 Å². The molecule has 5 nitrogen and oxygen atoms in total. The highest BCUT2D eigenvalue weighted by molar-refractivity contribution is 5.94. The van der Waals surface area contributed by atoms with E-state index in [0.29, 0.717) is 18.7 Å². The van der Waals surface area contributed by atoms with E-state index in [0.717, 1.165) is 16.7 Å².